The molecular weight excluding hydrogens is 470 g/mol. The molecule has 168 valence electrons. The van der Waals surface area contributed by atoms with Gasteiger partial charge in [-0.3, -0.25) is 9.30 Å². The minimum atomic E-state index is -0.476. The molecule has 0 N–H and O–H groups in total. The Bertz CT molecular complexity index is 1140. The SMILES string of the molecule is CC(C)(C)OC(=O)N1CC2CCC1CN2Cc1c(-c2ccc(Br)cc2)nc2ncccn12. The number of hydrogen-bond acceptors (Lipinski definition) is 5. The number of piperidine rings is 2. The van der Waals surface area contributed by atoms with Gasteiger partial charge in [-0.2, -0.15) is 0 Å². The summed E-state index contributed by atoms with van der Waals surface area (Å²) in [6.07, 6.45) is 5.73. The zero-order valence-electron chi connectivity index (χ0n) is 18.7. The first-order chi connectivity index (χ1) is 15.3. The maximum atomic E-state index is 12.7. The molecule has 3 aromatic rings. The van der Waals surface area contributed by atoms with Gasteiger partial charge in [0.15, 0.2) is 0 Å². The summed E-state index contributed by atoms with van der Waals surface area (Å²) in [6.45, 7) is 8.08. The third-order valence-corrected chi connectivity index (χ3v) is 6.77. The Morgan fingerprint density at radius 1 is 1.16 bits per heavy atom. The van der Waals surface area contributed by atoms with Gasteiger partial charge < -0.3 is 9.64 Å². The highest BCUT2D eigenvalue weighted by Gasteiger charge is 2.42. The minimum absolute atomic E-state index is 0.184. The molecule has 3 aliphatic heterocycles. The Labute approximate surface area is 196 Å². The van der Waals surface area contributed by atoms with E-state index in [1.54, 1.807) is 6.20 Å². The van der Waals surface area contributed by atoms with Crippen molar-refractivity contribution >= 4 is 27.8 Å². The zero-order chi connectivity index (χ0) is 22.5. The fourth-order valence-electron chi connectivity index (χ4n) is 4.77. The second-order valence-electron chi connectivity index (χ2n) is 9.65. The summed E-state index contributed by atoms with van der Waals surface area (Å²) >= 11 is 3.52. The van der Waals surface area contributed by atoms with Crippen LogP contribution in [0.15, 0.2) is 47.2 Å². The van der Waals surface area contributed by atoms with Gasteiger partial charge in [0.05, 0.1) is 11.4 Å². The van der Waals surface area contributed by atoms with Crippen LogP contribution < -0.4 is 0 Å². The highest BCUT2D eigenvalue weighted by molar-refractivity contribution is 9.10. The van der Waals surface area contributed by atoms with E-state index in [0.29, 0.717) is 18.4 Å². The van der Waals surface area contributed by atoms with Crippen molar-refractivity contribution in [2.24, 2.45) is 0 Å². The standard InChI is InChI=1S/C24H28BrN5O2/c1-24(2,3)32-23(31)30-14-18-9-10-19(30)13-28(18)15-20-21(16-5-7-17(25)8-6-16)27-22-26-11-4-12-29(20)22/h4-8,11-12,18-19H,9-10,13-15H2,1-3H3. The number of benzene rings is 1. The molecule has 3 saturated heterocycles. The fraction of sp³-hybridized carbons (Fsp3) is 0.458. The summed E-state index contributed by atoms with van der Waals surface area (Å²) in [6, 6.07) is 10.7. The monoisotopic (exact) mass is 497 g/mol. The van der Waals surface area contributed by atoms with Crippen LogP contribution in [-0.4, -0.2) is 61.0 Å². The van der Waals surface area contributed by atoms with E-state index in [4.69, 9.17) is 9.72 Å². The van der Waals surface area contributed by atoms with Crippen LogP contribution in [0.5, 0.6) is 0 Å². The Balaban J connectivity index is 1.42. The van der Waals surface area contributed by atoms with Gasteiger partial charge in [-0.1, -0.05) is 28.1 Å². The smallest absolute Gasteiger partial charge is 0.410 e. The molecule has 2 aromatic heterocycles. The molecule has 1 aromatic carbocycles. The number of carbonyl (C=O) groups is 1. The number of imidazole rings is 1. The van der Waals surface area contributed by atoms with Crippen LogP contribution in [0.3, 0.4) is 0 Å². The Hall–Kier alpha value is -2.45. The number of carbonyl (C=O) groups excluding carboxylic acids is 1. The van der Waals surface area contributed by atoms with Gasteiger partial charge in [-0.05, 0) is 51.8 Å². The van der Waals surface area contributed by atoms with Gasteiger partial charge in [0.1, 0.15) is 5.60 Å². The van der Waals surface area contributed by atoms with E-state index in [-0.39, 0.29) is 12.1 Å². The largest absolute Gasteiger partial charge is 0.444 e. The first kappa shape index (κ1) is 21.4. The van der Waals surface area contributed by atoms with Crippen LogP contribution in [0.1, 0.15) is 39.3 Å². The van der Waals surface area contributed by atoms with Crippen molar-refractivity contribution in [1.82, 2.24) is 24.2 Å². The van der Waals surface area contributed by atoms with Crippen LogP contribution in [0, 0.1) is 0 Å². The van der Waals surface area contributed by atoms with Gasteiger partial charge >= 0.3 is 6.09 Å². The van der Waals surface area contributed by atoms with Crippen molar-refractivity contribution in [3.8, 4) is 11.3 Å². The summed E-state index contributed by atoms with van der Waals surface area (Å²) in [5.41, 5.74) is 2.69. The fourth-order valence-corrected chi connectivity index (χ4v) is 5.04. The number of ether oxygens (including phenoxy) is 1. The maximum absolute atomic E-state index is 12.7. The van der Waals surface area contributed by atoms with Crippen LogP contribution >= 0.6 is 15.9 Å². The topological polar surface area (TPSA) is 63.0 Å². The van der Waals surface area contributed by atoms with Crippen molar-refractivity contribution in [1.29, 1.82) is 0 Å². The van der Waals surface area contributed by atoms with Gasteiger partial charge in [-0.25, -0.2) is 14.8 Å². The summed E-state index contributed by atoms with van der Waals surface area (Å²) in [7, 11) is 0. The molecule has 7 nitrogen and oxygen atoms in total. The summed E-state index contributed by atoms with van der Waals surface area (Å²) in [4.78, 5) is 26.5. The predicted molar refractivity (Wildman–Crippen MR) is 126 cm³/mol. The highest BCUT2D eigenvalue weighted by Crippen LogP contribution is 2.33. The molecule has 32 heavy (non-hydrogen) atoms. The molecule has 6 rings (SSSR count). The van der Waals surface area contributed by atoms with E-state index in [1.807, 2.05) is 50.1 Å². The zero-order valence-corrected chi connectivity index (χ0v) is 20.2. The summed E-state index contributed by atoms with van der Waals surface area (Å²) in [5, 5.41) is 0. The van der Waals surface area contributed by atoms with Crippen LogP contribution in [0.25, 0.3) is 17.0 Å². The van der Waals surface area contributed by atoms with E-state index >= 15 is 0 Å². The summed E-state index contributed by atoms with van der Waals surface area (Å²) < 4.78 is 8.79. The molecule has 3 fully saturated rings. The van der Waals surface area contributed by atoms with Gasteiger partial charge in [-0.15, -0.1) is 0 Å². The molecule has 8 heteroatoms. The van der Waals surface area contributed by atoms with E-state index < -0.39 is 5.60 Å². The Kier molecular flexibility index (Phi) is 5.45. The average molecular weight is 498 g/mol. The normalized spacial score (nSPS) is 21.3. The Morgan fingerprint density at radius 3 is 2.59 bits per heavy atom. The third kappa shape index (κ3) is 4.13. The lowest BCUT2D eigenvalue weighted by Gasteiger charge is -2.51. The molecule has 2 bridgehead atoms. The van der Waals surface area contributed by atoms with Crippen molar-refractivity contribution in [3.63, 3.8) is 0 Å². The van der Waals surface area contributed by atoms with Crippen molar-refractivity contribution in [2.45, 2.75) is 57.8 Å². The van der Waals surface area contributed by atoms with Crippen LogP contribution in [0.2, 0.25) is 0 Å². The minimum Gasteiger partial charge on any atom is -0.444 e. The number of amides is 1. The molecule has 1 amide bonds. The predicted octanol–water partition coefficient (Wildman–Crippen LogP) is 4.74. The van der Waals surface area contributed by atoms with Crippen molar-refractivity contribution in [3.05, 3.63) is 52.9 Å². The number of rotatable bonds is 3. The number of piperazine rings is 1. The molecular formula is C24H28BrN5O2. The second-order valence-corrected chi connectivity index (χ2v) is 10.6. The van der Waals surface area contributed by atoms with Crippen molar-refractivity contribution < 1.29 is 9.53 Å². The first-order valence-corrected chi connectivity index (χ1v) is 11.9. The van der Waals surface area contributed by atoms with Crippen LogP contribution in [-0.2, 0) is 11.3 Å². The lowest BCUT2D eigenvalue weighted by atomic mass is 9.91. The first-order valence-electron chi connectivity index (χ1n) is 11.1. The lowest BCUT2D eigenvalue weighted by molar-refractivity contribution is -0.0439. The quantitative estimate of drug-likeness (QED) is 0.522. The van der Waals surface area contributed by atoms with Gasteiger partial charge in [0, 0.05) is 54.1 Å². The summed E-state index contributed by atoms with van der Waals surface area (Å²) in [5.74, 6) is 0.706. The van der Waals surface area contributed by atoms with Crippen LogP contribution in [0.4, 0.5) is 4.79 Å². The lowest BCUT2D eigenvalue weighted by Crippen LogP contribution is -2.64. The number of halogens is 1. The number of fused-ring (bicyclic) bond motifs is 4. The molecule has 5 heterocycles. The molecule has 2 unspecified atom stereocenters. The van der Waals surface area contributed by atoms with Gasteiger partial charge in [0.25, 0.3) is 0 Å². The van der Waals surface area contributed by atoms with Crippen molar-refractivity contribution in [2.75, 3.05) is 13.1 Å². The molecule has 3 aliphatic rings. The highest BCUT2D eigenvalue weighted by atomic mass is 79.9. The number of nitrogens with zero attached hydrogens (tertiary/aromatic N) is 5. The Morgan fingerprint density at radius 2 is 1.91 bits per heavy atom. The molecule has 0 saturated carbocycles. The van der Waals surface area contributed by atoms with E-state index in [9.17, 15) is 4.79 Å². The average Bonchev–Trinajstić information content (AvgIpc) is 3.12. The van der Waals surface area contributed by atoms with Gasteiger partial charge in [0.2, 0.25) is 5.78 Å². The molecule has 0 aliphatic carbocycles. The molecule has 0 radical (unpaired) electrons. The van der Waals surface area contributed by atoms with E-state index in [2.05, 4.69) is 42.3 Å². The van der Waals surface area contributed by atoms with E-state index in [1.165, 1.54) is 0 Å². The third-order valence-electron chi connectivity index (χ3n) is 6.24. The number of aromatic nitrogens is 3. The van der Waals surface area contributed by atoms with E-state index in [0.717, 1.165) is 47.4 Å². The maximum Gasteiger partial charge on any atom is 0.410 e. The molecule has 2 atom stereocenters. The molecule has 0 spiro atoms. The second kappa shape index (κ2) is 8.15. The number of hydrogen-bond donors (Lipinski definition) is 0.